The molecule has 0 aromatic carbocycles. The fraction of sp³-hybridized carbons (Fsp3) is 0.545. The third-order valence-corrected chi connectivity index (χ3v) is 2.23. The fourth-order valence-electron chi connectivity index (χ4n) is 1.23. The molecule has 76 valence electrons. The molecule has 1 N–H and O–H groups in total. The summed E-state index contributed by atoms with van der Waals surface area (Å²) in [7, 11) is 1.96. The number of hydrogen-bond donors (Lipinski definition) is 1. The van der Waals surface area contributed by atoms with Gasteiger partial charge in [0, 0.05) is 13.6 Å². The zero-order valence-electron chi connectivity index (χ0n) is 9.04. The zero-order valence-corrected chi connectivity index (χ0v) is 9.04. The molecule has 0 saturated heterocycles. The van der Waals surface area contributed by atoms with E-state index in [9.17, 15) is 0 Å². The number of nitrogens with one attached hydrogen (secondary N) is 1. The van der Waals surface area contributed by atoms with Crippen molar-refractivity contribution >= 4 is 0 Å². The number of terminal acetylenes is 1. The molecular formula is C11H17N3. The Morgan fingerprint density at radius 2 is 2.43 bits per heavy atom. The molecule has 0 radical (unpaired) electrons. The first-order chi connectivity index (χ1) is 6.67. The van der Waals surface area contributed by atoms with Crippen LogP contribution in [0.25, 0.3) is 0 Å². The molecule has 0 bridgehead atoms. The molecule has 0 aliphatic rings. The van der Waals surface area contributed by atoms with Crippen LogP contribution in [0.3, 0.4) is 0 Å². The van der Waals surface area contributed by atoms with Crippen molar-refractivity contribution in [3.63, 3.8) is 0 Å². The maximum atomic E-state index is 5.27. The van der Waals surface area contributed by atoms with Crippen LogP contribution in [0.4, 0.5) is 0 Å². The lowest BCUT2D eigenvalue weighted by molar-refractivity contribution is 0.599. The van der Waals surface area contributed by atoms with E-state index in [4.69, 9.17) is 6.42 Å². The Hall–Kier alpha value is -1.27. The van der Waals surface area contributed by atoms with E-state index in [-0.39, 0.29) is 6.04 Å². The van der Waals surface area contributed by atoms with Gasteiger partial charge in [-0.05, 0) is 19.4 Å². The molecule has 0 spiro atoms. The quantitative estimate of drug-likeness (QED) is 0.722. The van der Waals surface area contributed by atoms with Gasteiger partial charge in [0.2, 0.25) is 0 Å². The highest BCUT2D eigenvalue weighted by molar-refractivity contribution is 5.10. The molecule has 3 nitrogen and oxygen atoms in total. The summed E-state index contributed by atoms with van der Waals surface area (Å²) in [6, 6.07) is 2.21. The van der Waals surface area contributed by atoms with Crippen molar-refractivity contribution in [1.82, 2.24) is 15.1 Å². The van der Waals surface area contributed by atoms with Crippen molar-refractivity contribution in [2.24, 2.45) is 7.05 Å². The minimum atomic E-state index is 0.106. The maximum absolute atomic E-state index is 5.27. The third kappa shape index (κ3) is 2.61. The van der Waals surface area contributed by atoms with Gasteiger partial charge < -0.3 is 0 Å². The van der Waals surface area contributed by atoms with Crippen molar-refractivity contribution in [3.8, 4) is 12.3 Å². The normalized spacial score (nSPS) is 12.4. The smallest absolute Gasteiger partial charge is 0.0661 e. The molecule has 0 aliphatic heterocycles. The van der Waals surface area contributed by atoms with Crippen LogP contribution in [-0.4, -0.2) is 15.8 Å². The SMILES string of the molecule is C#CC(C)NCc1cc(CC)nn1C. The van der Waals surface area contributed by atoms with Gasteiger partial charge in [-0.3, -0.25) is 10.00 Å². The second kappa shape index (κ2) is 4.83. The number of aromatic nitrogens is 2. The Labute approximate surface area is 85.5 Å². The molecule has 1 unspecified atom stereocenters. The first kappa shape index (κ1) is 10.8. The van der Waals surface area contributed by atoms with Crippen LogP contribution < -0.4 is 5.32 Å². The van der Waals surface area contributed by atoms with Crippen LogP contribution >= 0.6 is 0 Å². The largest absolute Gasteiger partial charge is 0.298 e. The third-order valence-electron chi connectivity index (χ3n) is 2.23. The minimum Gasteiger partial charge on any atom is -0.298 e. The molecule has 1 aromatic heterocycles. The Morgan fingerprint density at radius 3 is 2.93 bits per heavy atom. The van der Waals surface area contributed by atoms with Gasteiger partial charge in [0.1, 0.15) is 0 Å². The van der Waals surface area contributed by atoms with Gasteiger partial charge in [-0.1, -0.05) is 12.8 Å². The summed E-state index contributed by atoms with van der Waals surface area (Å²) in [5.41, 5.74) is 2.29. The van der Waals surface area contributed by atoms with E-state index in [0.717, 1.165) is 18.7 Å². The van der Waals surface area contributed by atoms with Crippen LogP contribution in [-0.2, 0) is 20.0 Å². The molecule has 1 atom stereocenters. The van der Waals surface area contributed by atoms with Gasteiger partial charge in [0.05, 0.1) is 17.4 Å². The van der Waals surface area contributed by atoms with Gasteiger partial charge in [-0.2, -0.15) is 5.10 Å². The molecular weight excluding hydrogens is 174 g/mol. The van der Waals surface area contributed by atoms with E-state index in [1.165, 1.54) is 5.69 Å². The van der Waals surface area contributed by atoms with E-state index in [0.29, 0.717) is 0 Å². The highest BCUT2D eigenvalue weighted by atomic mass is 15.3. The van der Waals surface area contributed by atoms with Gasteiger partial charge >= 0.3 is 0 Å². The minimum absolute atomic E-state index is 0.106. The Balaban J connectivity index is 2.59. The summed E-state index contributed by atoms with van der Waals surface area (Å²) >= 11 is 0. The number of rotatable bonds is 4. The monoisotopic (exact) mass is 191 g/mol. The number of hydrogen-bond acceptors (Lipinski definition) is 2. The zero-order chi connectivity index (χ0) is 10.6. The standard InChI is InChI=1S/C11H17N3/c1-5-9(3)12-8-11-7-10(6-2)13-14(11)4/h1,7,9,12H,6,8H2,2-4H3. The van der Waals surface area contributed by atoms with Gasteiger partial charge in [-0.25, -0.2) is 0 Å². The summed E-state index contributed by atoms with van der Waals surface area (Å²) in [5, 5.41) is 7.59. The molecule has 1 heterocycles. The summed E-state index contributed by atoms with van der Waals surface area (Å²) in [5.74, 6) is 2.63. The second-order valence-electron chi connectivity index (χ2n) is 3.37. The van der Waals surface area contributed by atoms with Crippen LogP contribution in [0, 0.1) is 12.3 Å². The molecule has 1 aromatic rings. The Morgan fingerprint density at radius 1 is 1.71 bits per heavy atom. The van der Waals surface area contributed by atoms with Crippen LogP contribution in [0.2, 0.25) is 0 Å². The van der Waals surface area contributed by atoms with Crippen LogP contribution in [0.5, 0.6) is 0 Å². The topological polar surface area (TPSA) is 29.9 Å². The van der Waals surface area contributed by atoms with E-state index in [2.05, 4.69) is 29.3 Å². The van der Waals surface area contributed by atoms with Crippen molar-refractivity contribution in [2.75, 3.05) is 0 Å². The van der Waals surface area contributed by atoms with E-state index in [1.807, 2.05) is 18.7 Å². The maximum Gasteiger partial charge on any atom is 0.0661 e. The average molecular weight is 191 g/mol. The molecule has 1 rings (SSSR count). The molecule has 0 fully saturated rings. The van der Waals surface area contributed by atoms with Crippen molar-refractivity contribution in [3.05, 3.63) is 17.5 Å². The lowest BCUT2D eigenvalue weighted by Crippen LogP contribution is -2.24. The molecule has 3 heteroatoms. The van der Waals surface area contributed by atoms with Crippen LogP contribution in [0.1, 0.15) is 25.2 Å². The fourth-order valence-corrected chi connectivity index (χ4v) is 1.23. The second-order valence-corrected chi connectivity index (χ2v) is 3.37. The highest BCUT2D eigenvalue weighted by Gasteiger charge is 2.04. The first-order valence-electron chi connectivity index (χ1n) is 4.88. The molecule has 0 amide bonds. The Bertz CT molecular complexity index is 333. The van der Waals surface area contributed by atoms with Gasteiger partial charge in [-0.15, -0.1) is 6.42 Å². The highest BCUT2D eigenvalue weighted by Crippen LogP contribution is 2.03. The summed E-state index contributed by atoms with van der Waals surface area (Å²) in [6.07, 6.45) is 6.24. The van der Waals surface area contributed by atoms with Gasteiger partial charge in [0.25, 0.3) is 0 Å². The summed E-state index contributed by atoms with van der Waals surface area (Å²) in [6.45, 7) is 4.84. The van der Waals surface area contributed by atoms with E-state index >= 15 is 0 Å². The average Bonchev–Trinajstić information content (AvgIpc) is 2.55. The lowest BCUT2D eigenvalue weighted by atomic mass is 10.3. The van der Waals surface area contributed by atoms with Gasteiger partial charge in [0.15, 0.2) is 0 Å². The first-order valence-corrected chi connectivity index (χ1v) is 4.88. The summed E-state index contributed by atoms with van der Waals surface area (Å²) < 4.78 is 1.90. The van der Waals surface area contributed by atoms with Crippen molar-refractivity contribution in [1.29, 1.82) is 0 Å². The van der Waals surface area contributed by atoms with Crippen molar-refractivity contribution < 1.29 is 0 Å². The van der Waals surface area contributed by atoms with Crippen LogP contribution in [0.15, 0.2) is 6.07 Å². The van der Waals surface area contributed by atoms with Crippen molar-refractivity contribution in [2.45, 2.75) is 32.9 Å². The molecule has 14 heavy (non-hydrogen) atoms. The Kier molecular flexibility index (Phi) is 3.73. The summed E-state index contributed by atoms with van der Waals surface area (Å²) in [4.78, 5) is 0. The predicted octanol–water partition coefficient (Wildman–Crippen LogP) is 1.09. The van der Waals surface area contributed by atoms with E-state index < -0.39 is 0 Å². The number of aryl methyl sites for hydroxylation is 2. The molecule has 0 aliphatic carbocycles. The lowest BCUT2D eigenvalue weighted by Gasteiger charge is -2.06. The molecule has 0 saturated carbocycles. The predicted molar refractivity (Wildman–Crippen MR) is 57.7 cm³/mol. The van der Waals surface area contributed by atoms with E-state index in [1.54, 1.807) is 0 Å². The number of nitrogens with zero attached hydrogens (tertiary/aromatic N) is 2.